The molecular formula is C23H23N3O2. The number of amides is 1. The summed E-state index contributed by atoms with van der Waals surface area (Å²) >= 11 is 0. The van der Waals surface area contributed by atoms with Crippen molar-refractivity contribution in [2.75, 3.05) is 5.32 Å². The molecule has 1 atom stereocenters. The van der Waals surface area contributed by atoms with E-state index in [2.05, 4.69) is 15.6 Å². The lowest BCUT2D eigenvalue weighted by Gasteiger charge is -2.34. The minimum Gasteiger partial charge on any atom is -0.362 e. The van der Waals surface area contributed by atoms with E-state index < -0.39 is 0 Å². The van der Waals surface area contributed by atoms with Crippen molar-refractivity contribution in [1.29, 1.82) is 0 Å². The molecule has 1 aliphatic carbocycles. The lowest BCUT2D eigenvalue weighted by atomic mass is 9.75. The van der Waals surface area contributed by atoms with Gasteiger partial charge in [0.1, 0.15) is 0 Å². The Labute approximate surface area is 164 Å². The first-order chi connectivity index (χ1) is 13.5. The molecular weight excluding hydrogens is 350 g/mol. The number of ketones is 1. The van der Waals surface area contributed by atoms with Gasteiger partial charge in [0.15, 0.2) is 5.78 Å². The fourth-order valence-corrected chi connectivity index (χ4v) is 4.01. The summed E-state index contributed by atoms with van der Waals surface area (Å²) in [4.78, 5) is 30.1. The van der Waals surface area contributed by atoms with Gasteiger partial charge in [-0.05, 0) is 44.4 Å². The highest BCUT2D eigenvalue weighted by Crippen LogP contribution is 2.42. The summed E-state index contributed by atoms with van der Waals surface area (Å²) in [5.74, 6) is -0.451. The average molecular weight is 373 g/mol. The highest BCUT2D eigenvalue weighted by atomic mass is 16.2. The van der Waals surface area contributed by atoms with Gasteiger partial charge in [0.25, 0.3) is 5.91 Å². The predicted octanol–water partition coefficient (Wildman–Crippen LogP) is 4.00. The molecule has 0 fully saturated rings. The van der Waals surface area contributed by atoms with Crippen LogP contribution in [0.15, 0.2) is 71.3 Å². The minimum atomic E-state index is -0.360. The second-order valence-corrected chi connectivity index (χ2v) is 7.37. The highest BCUT2D eigenvalue weighted by molar-refractivity contribution is 6.09. The van der Waals surface area contributed by atoms with Gasteiger partial charge in [0.05, 0.1) is 11.9 Å². The maximum Gasteiger partial charge on any atom is 0.254 e. The molecule has 2 aromatic rings. The number of hydrogen-bond donors (Lipinski definition) is 2. The SMILES string of the molecule is CC1=C(C(=O)Nc2cccnc2)C(c2ccc(C)cc2)C2=C(CCCC2=O)N1. The Morgan fingerprint density at radius 3 is 2.64 bits per heavy atom. The number of nitrogens with one attached hydrogen (secondary N) is 2. The summed E-state index contributed by atoms with van der Waals surface area (Å²) in [6, 6.07) is 11.7. The van der Waals surface area contributed by atoms with E-state index >= 15 is 0 Å². The molecule has 2 heterocycles. The second kappa shape index (κ2) is 7.43. The molecule has 1 amide bonds. The number of nitrogens with zero attached hydrogens (tertiary/aromatic N) is 1. The summed E-state index contributed by atoms with van der Waals surface area (Å²) in [6.07, 6.45) is 5.48. The maximum atomic E-state index is 13.2. The van der Waals surface area contributed by atoms with Gasteiger partial charge < -0.3 is 10.6 Å². The van der Waals surface area contributed by atoms with Gasteiger partial charge in [-0.15, -0.1) is 0 Å². The summed E-state index contributed by atoms with van der Waals surface area (Å²) in [5, 5.41) is 6.27. The van der Waals surface area contributed by atoms with Gasteiger partial charge in [-0.1, -0.05) is 29.8 Å². The quantitative estimate of drug-likeness (QED) is 0.853. The minimum absolute atomic E-state index is 0.124. The van der Waals surface area contributed by atoms with Gasteiger partial charge in [0, 0.05) is 41.1 Å². The van der Waals surface area contributed by atoms with Crippen LogP contribution in [0, 0.1) is 6.92 Å². The highest BCUT2D eigenvalue weighted by Gasteiger charge is 2.38. The van der Waals surface area contributed by atoms with Gasteiger partial charge in [-0.2, -0.15) is 0 Å². The number of aromatic nitrogens is 1. The van der Waals surface area contributed by atoms with Crippen LogP contribution < -0.4 is 10.6 Å². The molecule has 0 bridgehead atoms. The molecule has 1 aromatic heterocycles. The number of benzene rings is 1. The van der Waals surface area contributed by atoms with E-state index in [9.17, 15) is 9.59 Å². The van der Waals surface area contributed by atoms with Crippen molar-refractivity contribution in [3.63, 3.8) is 0 Å². The molecule has 0 saturated carbocycles. The number of allylic oxidation sites excluding steroid dienone is 3. The van der Waals surface area contributed by atoms with E-state index in [4.69, 9.17) is 0 Å². The van der Waals surface area contributed by atoms with Crippen molar-refractivity contribution in [3.05, 3.63) is 82.5 Å². The van der Waals surface area contributed by atoms with E-state index in [0.29, 0.717) is 17.7 Å². The zero-order chi connectivity index (χ0) is 19.7. The lowest BCUT2D eigenvalue weighted by molar-refractivity contribution is -0.116. The molecule has 4 rings (SSSR count). The molecule has 1 aromatic carbocycles. The number of carbonyl (C=O) groups excluding carboxylic acids is 2. The summed E-state index contributed by atoms with van der Waals surface area (Å²) in [5.41, 5.74) is 5.80. The van der Waals surface area contributed by atoms with Gasteiger partial charge in [-0.3, -0.25) is 14.6 Å². The molecule has 5 nitrogen and oxygen atoms in total. The molecule has 0 radical (unpaired) electrons. The first-order valence-electron chi connectivity index (χ1n) is 9.56. The summed E-state index contributed by atoms with van der Waals surface area (Å²) < 4.78 is 0. The topological polar surface area (TPSA) is 71.1 Å². The number of hydrogen-bond acceptors (Lipinski definition) is 4. The van der Waals surface area contributed by atoms with Crippen molar-refractivity contribution >= 4 is 17.4 Å². The number of carbonyl (C=O) groups is 2. The normalized spacial score (nSPS) is 19.2. The number of anilines is 1. The van der Waals surface area contributed by atoms with Crippen LogP contribution in [0.25, 0.3) is 0 Å². The number of rotatable bonds is 3. The van der Waals surface area contributed by atoms with Crippen LogP contribution in [0.1, 0.15) is 43.2 Å². The number of pyridine rings is 1. The van der Waals surface area contributed by atoms with E-state index in [-0.39, 0.29) is 17.6 Å². The molecule has 2 aliphatic rings. The van der Waals surface area contributed by atoms with Gasteiger partial charge in [0.2, 0.25) is 0 Å². The van der Waals surface area contributed by atoms with Crippen LogP contribution in [-0.4, -0.2) is 16.7 Å². The molecule has 1 unspecified atom stereocenters. The Hall–Kier alpha value is -3.21. The average Bonchev–Trinajstić information content (AvgIpc) is 2.68. The first kappa shape index (κ1) is 18.2. The lowest BCUT2D eigenvalue weighted by Crippen LogP contribution is -2.35. The van der Waals surface area contributed by atoms with Crippen molar-refractivity contribution in [1.82, 2.24) is 10.3 Å². The van der Waals surface area contributed by atoms with Crippen LogP contribution in [0.4, 0.5) is 5.69 Å². The number of aryl methyl sites for hydroxylation is 1. The van der Waals surface area contributed by atoms with E-state index in [0.717, 1.165) is 40.9 Å². The molecule has 28 heavy (non-hydrogen) atoms. The molecule has 142 valence electrons. The number of Topliss-reactive ketones (excluding diaryl/α,β-unsaturated/α-hetero) is 1. The van der Waals surface area contributed by atoms with E-state index in [1.165, 1.54) is 0 Å². The van der Waals surface area contributed by atoms with Crippen molar-refractivity contribution in [2.45, 2.75) is 39.0 Å². The van der Waals surface area contributed by atoms with Gasteiger partial charge in [-0.25, -0.2) is 0 Å². The van der Waals surface area contributed by atoms with Crippen LogP contribution in [0.5, 0.6) is 0 Å². The molecule has 2 N–H and O–H groups in total. The zero-order valence-electron chi connectivity index (χ0n) is 16.1. The standard InChI is InChI=1S/C23H23N3O2/c1-14-8-10-16(11-9-14)21-20(23(28)26-17-5-4-12-24-13-17)15(2)25-18-6-3-7-19(27)22(18)21/h4-5,8-13,21,25H,3,6-7H2,1-2H3,(H,26,28). The van der Waals surface area contributed by atoms with Crippen LogP contribution in [0.2, 0.25) is 0 Å². The summed E-state index contributed by atoms with van der Waals surface area (Å²) in [7, 11) is 0. The maximum absolute atomic E-state index is 13.2. The predicted molar refractivity (Wildman–Crippen MR) is 109 cm³/mol. The van der Waals surface area contributed by atoms with E-state index in [1.807, 2.05) is 38.1 Å². The second-order valence-electron chi connectivity index (χ2n) is 7.37. The molecule has 1 aliphatic heterocycles. The third kappa shape index (κ3) is 3.36. The molecule has 5 heteroatoms. The van der Waals surface area contributed by atoms with Crippen molar-refractivity contribution in [2.24, 2.45) is 0 Å². The number of dihydropyridines is 1. The van der Waals surface area contributed by atoms with Crippen molar-refractivity contribution < 1.29 is 9.59 Å². The van der Waals surface area contributed by atoms with E-state index in [1.54, 1.807) is 24.5 Å². The monoisotopic (exact) mass is 373 g/mol. The Morgan fingerprint density at radius 2 is 1.93 bits per heavy atom. The Kier molecular flexibility index (Phi) is 4.82. The zero-order valence-corrected chi connectivity index (χ0v) is 16.1. The van der Waals surface area contributed by atoms with Crippen LogP contribution >= 0.6 is 0 Å². The van der Waals surface area contributed by atoms with Crippen molar-refractivity contribution in [3.8, 4) is 0 Å². The Morgan fingerprint density at radius 1 is 1.14 bits per heavy atom. The Bertz CT molecular complexity index is 988. The Balaban J connectivity index is 1.79. The smallest absolute Gasteiger partial charge is 0.254 e. The fraction of sp³-hybridized carbons (Fsp3) is 0.261. The van der Waals surface area contributed by atoms with Gasteiger partial charge >= 0.3 is 0 Å². The summed E-state index contributed by atoms with van der Waals surface area (Å²) in [6.45, 7) is 3.93. The van der Waals surface area contributed by atoms with Crippen LogP contribution in [-0.2, 0) is 9.59 Å². The third-order valence-corrected chi connectivity index (χ3v) is 5.35. The molecule has 0 spiro atoms. The third-order valence-electron chi connectivity index (χ3n) is 5.35. The fourth-order valence-electron chi connectivity index (χ4n) is 4.01. The molecule has 0 saturated heterocycles. The largest absolute Gasteiger partial charge is 0.362 e. The first-order valence-corrected chi connectivity index (χ1v) is 9.56. The van der Waals surface area contributed by atoms with Crippen LogP contribution in [0.3, 0.4) is 0 Å².